The van der Waals surface area contributed by atoms with Crippen LogP contribution in [0, 0.1) is 0 Å². The van der Waals surface area contributed by atoms with Crippen LogP contribution in [-0.2, 0) is 9.53 Å². The van der Waals surface area contributed by atoms with Crippen LogP contribution in [0.15, 0.2) is 53.0 Å². The number of ether oxygens (including phenoxy) is 1. The van der Waals surface area contributed by atoms with Gasteiger partial charge in [-0.15, -0.1) is 0 Å². The first-order valence-electron chi connectivity index (χ1n) is 6.05. The second-order valence-electron chi connectivity index (χ2n) is 4.25. The summed E-state index contributed by atoms with van der Waals surface area (Å²) in [6, 6.07) is 14.5. The number of methoxy groups -OCH3 is 1. The minimum absolute atomic E-state index is 0.232. The summed E-state index contributed by atoms with van der Waals surface area (Å²) in [6.07, 6.45) is -0.652. The molecular weight excluding hydrogens is 320 g/mol. The summed E-state index contributed by atoms with van der Waals surface area (Å²) in [4.78, 5) is 12.3. The molecule has 2 aromatic carbocycles. The Morgan fingerprint density at radius 2 is 1.95 bits per heavy atom. The van der Waals surface area contributed by atoms with Gasteiger partial charge in [-0.05, 0) is 39.7 Å². The lowest BCUT2D eigenvalue weighted by molar-refractivity contribution is -0.126. The van der Waals surface area contributed by atoms with Crippen molar-refractivity contribution < 1.29 is 9.53 Å². The molecule has 0 saturated heterocycles. The molecule has 20 heavy (non-hydrogen) atoms. The average Bonchev–Trinajstić information content (AvgIpc) is 2.44. The summed E-state index contributed by atoms with van der Waals surface area (Å²) in [5.74, 6) is -0.232. The monoisotopic (exact) mass is 334 g/mol. The standard InChI is InChI=1S/C15H15BrN2O2/c1-20-14(10-5-3-2-4-6-10)15(19)18-13-8-7-11(17)9-12(13)16/h2-9,14H,17H2,1H3,(H,18,19). The second-order valence-corrected chi connectivity index (χ2v) is 5.11. The molecule has 0 aliphatic rings. The normalized spacial score (nSPS) is 11.9. The zero-order valence-electron chi connectivity index (χ0n) is 11.0. The smallest absolute Gasteiger partial charge is 0.258 e. The molecule has 1 amide bonds. The van der Waals surface area contributed by atoms with E-state index in [0.29, 0.717) is 11.4 Å². The number of hydrogen-bond acceptors (Lipinski definition) is 3. The van der Waals surface area contributed by atoms with E-state index in [1.54, 1.807) is 18.2 Å². The average molecular weight is 335 g/mol. The van der Waals surface area contributed by atoms with E-state index in [0.717, 1.165) is 10.0 Å². The fraction of sp³-hybridized carbons (Fsp3) is 0.133. The van der Waals surface area contributed by atoms with E-state index in [9.17, 15) is 4.79 Å². The third-order valence-corrected chi connectivity index (χ3v) is 3.48. The van der Waals surface area contributed by atoms with Crippen LogP contribution in [0.25, 0.3) is 0 Å². The summed E-state index contributed by atoms with van der Waals surface area (Å²) < 4.78 is 6.01. The lowest BCUT2D eigenvalue weighted by atomic mass is 10.1. The molecule has 1 atom stereocenters. The third kappa shape index (κ3) is 3.37. The molecule has 0 spiro atoms. The van der Waals surface area contributed by atoms with Crippen LogP contribution in [0.4, 0.5) is 11.4 Å². The Morgan fingerprint density at radius 3 is 2.55 bits per heavy atom. The van der Waals surface area contributed by atoms with Crippen LogP contribution in [-0.4, -0.2) is 13.0 Å². The Labute approximate surface area is 126 Å². The van der Waals surface area contributed by atoms with Crippen LogP contribution in [0.2, 0.25) is 0 Å². The lowest BCUT2D eigenvalue weighted by Crippen LogP contribution is -2.22. The van der Waals surface area contributed by atoms with Crippen molar-refractivity contribution in [2.24, 2.45) is 0 Å². The molecule has 2 rings (SSSR count). The van der Waals surface area contributed by atoms with Gasteiger partial charge in [-0.1, -0.05) is 30.3 Å². The van der Waals surface area contributed by atoms with Crippen molar-refractivity contribution in [1.82, 2.24) is 0 Å². The number of halogens is 1. The van der Waals surface area contributed by atoms with Crippen molar-refractivity contribution in [3.8, 4) is 0 Å². The molecule has 4 nitrogen and oxygen atoms in total. The van der Waals surface area contributed by atoms with Crippen LogP contribution in [0.3, 0.4) is 0 Å². The zero-order valence-corrected chi connectivity index (χ0v) is 12.6. The lowest BCUT2D eigenvalue weighted by Gasteiger charge is -2.16. The highest BCUT2D eigenvalue weighted by molar-refractivity contribution is 9.10. The molecule has 0 aliphatic carbocycles. The minimum atomic E-state index is -0.652. The van der Waals surface area contributed by atoms with Crippen LogP contribution < -0.4 is 11.1 Å². The van der Waals surface area contributed by atoms with Gasteiger partial charge in [0.1, 0.15) is 0 Å². The second kappa shape index (κ2) is 6.54. The Hall–Kier alpha value is -1.85. The molecule has 104 valence electrons. The summed E-state index contributed by atoms with van der Waals surface area (Å²) in [6.45, 7) is 0. The summed E-state index contributed by atoms with van der Waals surface area (Å²) in [5.41, 5.74) is 7.75. The maximum Gasteiger partial charge on any atom is 0.258 e. The van der Waals surface area contributed by atoms with Gasteiger partial charge in [-0.3, -0.25) is 4.79 Å². The number of nitrogens with one attached hydrogen (secondary N) is 1. The quantitative estimate of drug-likeness (QED) is 0.842. The van der Waals surface area contributed by atoms with E-state index < -0.39 is 6.10 Å². The molecule has 0 fully saturated rings. The summed E-state index contributed by atoms with van der Waals surface area (Å²) in [5, 5.41) is 2.82. The molecule has 0 bridgehead atoms. The predicted octanol–water partition coefficient (Wildman–Crippen LogP) is 3.36. The van der Waals surface area contributed by atoms with E-state index in [1.807, 2.05) is 30.3 Å². The Bertz CT molecular complexity index is 602. The number of amides is 1. The van der Waals surface area contributed by atoms with Gasteiger partial charge in [-0.25, -0.2) is 0 Å². The molecule has 5 heteroatoms. The first kappa shape index (κ1) is 14.6. The van der Waals surface area contributed by atoms with Gasteiger partial charge in [0.2, 0.25) is 0 Å². The molecule has 0 aromatic heterocycles. The van der Waals surface area contributed by atoms with Gasteiger partial charge in [-0.2, -0.15) is 0 Å². The van der Waals surface area contributed by atoms with Gasteiger partial charge < -0.3 is 15.8 Å². The Kier molecular flexibility index (Phi) is 4.76. The van der Waals surface area contributed by atoms with Gasteiger partial charge in [0, 0.05) is 17.3 Å². The minimum Gasteiger partial charge on any atom is -0.399 e. The fourth-order valence-electron chi connectivity index (χ4n) is 1.85. The van der Waals surface area contributed by atoms with Crippen molar-refractivity contribution >= 4 is 33.2 Å². The predicted molar refractivity (Wildman–Crippen MR) is 83.4 cm³/mol. The maximum absolute atomic E-state index is 12.3. The van der Waals surface area contributed by atoms with E-state index in [4.69, 9.17) is 10.5 Å². The van der Waals surface area contributed by atoms with Crippen LogP contribution in [0.5, 0.6) is 0 Å². The molecule has 0 heterocycles. The van der Waals surface area contributed by atoms with E-state index in [1.165, 1.54) is 7.11 Å². The summed E-state index contributed by atoms with van der Waals surface area (Å²) >= 11 is 3.37. The van der Waals surface area contributed by atoms with Crippen molar-refractivity contribution in [3.05, 3.63) is 58.6 Å². The molecule has 0 aliphatic heterocycles. The van der Waals surface area contributed by atoms with Gasteiger partial charge in [0.25, 0.3) is 5.91 Å². The maximum atomic E-state index is 12.3. The SMILES string of the molecule is COC(C(=O)Nc1ccc(N)cc1Br)c1ccccc1. The number of hydrogen-bond donors (Lipinski definition) is 2. The van der Waals surface area contributed by atoms with Gasteiger partial charge in [0.15, 0.2) is 6.10 Å². The molecule has 3 N–H and O–H groups in total. The van der Waals surface area contributed by atoms with Crippen molar-refractivity contribution in [2.45, 2.75) is 6.10 Å². The first-order valence-corrected chi connectivity index (χ1v) is 6.84. The van der Waals surface area contributed by atoms with Gasteiger partial charge in [0.05, 0.1) is 5.69 Å². The zero-order chi connectivity index (χ0) is 14.5. The summed E-state index contributed by atoms with van der Waals surface area (Å²) in [7, 11) is 1.51. The van der Waals surface area contributed by atoms with Crippen molar-refractivity contribution in [1.29, 1.82) is 0 Å². The highest BCUT2D eigenvalue weighted by atomic mass is 79.9. The van der Waals surface area contributed by atoms with Crippen LogP contribution >= 0.6 is 15.9 Å². The Morgan fingerprint density at radius 1 is 1.25 bits per heavy atom. The number of carbonyl (C=O) groups excluding carboxylic acids is 1. The number of anilines is 2. The topological polar surface area (TPSA) is 64.3 Å². The van der Waals surface area contributed by atoms with E-state index in [-0.39, 0.29) is 5.91 Å². The molecule has 2 aromatic rings. The first-order chi connectivity index (χ1) is 9.61. The van der Waals surface area contributed by atoms with E-state index in [2.05, 4.69) is 21.2 Å². The number of carbonyl (C=O) groups is 1. The van der Waals surface area contributed by atoms with Crippen molar-refractivity contribution in [2.75, 3.05) is 18.2 Å². The highest BCUT2D eigenvalue weighted by Crippen LogP contribution is 2.26. The van der Waals surface area contributed by atoms with Crippen molar-refractivity contribution in [3.63, 3.8) is 0 Å². The largest absolute Gasteiger partial charge is 0.399 e. The number of benzene rings is 2. The molecule has 0 saturated carbocycles. The molecular formula is C15H15BrN2O2. The Balaban J connectivity index is 2.18. The molecule has 0 radical (unpaired) electrons. The fourth-order valence-corrected chi connectivity index (χ4v) is 2.35. The third-order valence-electron chi connectivity index (χ3n) is 2.83. The number of rotatable bonds is 4. The highest BCUT2D eigenvalue weighted by Gasteiger charge is 2.20. The van der Waals surface area contributed by atoms with Gasteiger partial charge >= 0.3 is 0 Å². The number of nitrogen functional groups attached to an aromatic ring is 1. The number of nitrogens with two attached hydrogens (primary N) is 1. The van der Waals surface area contributed by atoms with E-state index >= 15 is 0 Å². The molecule has 1 unspecified atom stereocenters. The van der Waals surface area contributed by atoms with Crippen LogP contribution in [0.1, 0.15) is 11.7 Å².